The van der Waals surface area contributed by atoms with Crippen LogP contribution in [0.2, 0.25) is 0 Å². The Morgan fingerprint density at radius 1 is 1.10 bits per heavy atom. The van der Waals surface area contributed by atoms with Crippen LogP contribution in [0.1, 0.15) is 16.6 Å². The predicted octanol–water partition coefficient (Wildman–Crippen LogP) is 4.73. The normalized spacial score (nSPS) is 13.8. The molecular formula is C22H22N2O4S3. The summed E-state index contributed by atoms with van der Waals surface area (Å²) in [6, 6.07) is 16.9. The van der Waals surface area contributed by atoms with Gasteiger partial charge in [0.2, 0.25) is 0 Å². The van der Waals surface area contributed by atoms with Gasteiger partial charge in [-0.05, 0) is 47.8 Å². The lowest BCUT2D eigenvalue weighted by Gasteiger charge is -2.21. The Kier molecular flexibility index (Phi) is 9.46. The van der Waals surface area contributed by atoms with E-state index in [0.29, 0.717) is 16.0 Å². The third kappa shape index (κ3) is 7.73. The van der Waals surface area contributed by atoms with Gasteiger partial charge in [-0.1, -0.05) is 24.3 Å². The fourth-order valence-electron chi connectivity index (χ4n) is 2.72. The number of nitriles is 1. The van der Waals surface area contributed by atoms with Crippen molar-refractivity contribution in [3.63, 3.8) is 0 Å². The molecule has 0 spiro atoms. The molecule has 0 atom stereocenters. The van der Waals surface area contributed by atoms with Gasteiger partial charge in [0, 0.05) is 4.90 Å². The van der Waals surface area contributed by atoms with E-state index >= 15 is 0 Å². The largest absolute Gasteiger partial charge is 0.482 e. The molecule has 0 bridgehead atoms. The number of benzene rings is 2. The number of carbonyl (C=O) groups excluding carboxylic acids is 2. The Labute approximate surface area is 194 Å². The molecule has 0 unspecified atom stereocenters. The van der Waals surface area contributed by atoms with Gasteiger partial charge >= 0.3 is 5.97 Å². The molecule has 1 amide bonds. The standard InChI is InChI=1S/C22H22N2O4S3/c23-10-13-29-19-5-2-1-4-18(19)24-20(25)14-28-21(26)15-27-17-8-6-16(7-9-17)22-30-11-3-12-31-22/h1-2,4-9,22H,3,11-15H2,(H,24,25). The van der Waals surface area contributed by atoms with Crippen LogP contribution in [0.3, 0.4) is 0 Å². The number of nitrogens with one attached hydrogen (secondary N) is 1. The maximum absolute atomic E-state index is 12.1. The summed E-state index contributed by atoms with van der Waals surface area (Å²) in [5.41, 5.74) is 1.82. The van der Waals surface area contributed by atoms with Crippen LogP contribution in [-0.2, 0) is 14.3 Å². The van der Waals surface area contributed by atoms with Crippen LogP contribution in [0, 0.1) is 11.3 Å². The van der Waals surface area contributed by atoms with Crippen molar-refractivity contribution in [1.82, 2.24) is 0 Å². The van der Waals surface area contributed by atoms with Gasteiger partial charge < -0.3 is 14.8 Å². The Balaban J connectivity index is 1.40. The lowest BCUT2D eigenvalue weighted by molar-refractivity contribution is -0.149. The number of ether oxygens (including phenoxy) is 2. The number of hydrogen-bond donors (Lipinski definition) is 1. The molecule has 2 aromatic carbocycles. The molecule has 1 aliphatic rings. The molecular weight excluding hydrogens is 452 g/mol. The highest BCUT2D eigenvalue weighted by Gasteiger charge is 2.16. The first-order valence-electron chi connectivity index (χ1n) is 9.66. The second kappa shape index (κ2) is 12.5. The molecule has 1 N–H and O–H groups in total. The van der Waals surface area contributed by atoms with Crippen LogP contribution in [0.15, 0.2) is 53.4 Å². The summed E-state index contributed by atoms with van der Waals surface area (Å²) >= 11 is 5.22. The zero-order valence-electron chi connectivity index (χ0n) is 16.7. The van der Waals surface area contributed by atoms with E-state index in [-0.39, 0.29) is 12.4 Å². The number of amides is 1. The van der Waals surface area contributed by atoms with Gasteiger partial charge in [0.05, 0.1) is 22.1 Å². The lowest BCUT2D eigenvalue weighted by atomic mass is 10.2. The van der Waals surface area contributed by atoms with Gasteiger partial charge in [0.15, 0.2) is 13.2 Å². The van der Waals surface area contributed by atoms with Crippen molar-refractivity contribution < 1.29 is 19.1 Å². The minimum atomic E-state index is -0.621. The Morgan fingerprint density at radius 2 is 1.84 bits per heavy atom. The third-order valence-corrected chi connectivity index (χ3v) is 8.11. The van der Waals surface area contributed by atoms with E-state index in [1.165, 1.54) is 35.3 Å². The topological polar surface area (TPSA) is 88.4 Å². The van der Waals surface area contributed by atoms with Crippen LogP contribution in [0.25, 0.3) is 0 Å². The summed E-state index contributed by atoms with van der Waals surface area (Å²) in [6.07, 6.45) is 1.25. The van der Waals surface area contributed by atoms with Crippen molar-refractivity contribution in [2.75, 3.05) is 35.8 Å². The Hall–Kier alpha value is -2.28. The number of hydrogen-bond acceptors (Lipinski definition) is 8. The van der Waals surface area contributed by atoms with Crippen LogP contribution in [-0.4, -0.2) is 42.3 Å². The zero-order valence-corrected chi connectivity index (χ0v) is 19.2. The van der Waals surface area contributed by atoms with E-state index in [1.807, 2.05) is 66.0 Å². The summed E-state index contributed by atoms with van der Waals surface area (Å²) in [7, 11) is 0. The van der Waals surface area contributed by atoms with Crippen molar-refractivity contribution in [3.8, 4) is 11.8 Å². The molecule has 1 saturated heterocycles. The minimum Gasteiger partial charge on any atom is -0.482 e. The molecule has 0 aromatic heterocycles. The van der Waals surface area contributed by atoms with Gasteiger partial charge in [-0.25, -0.2) is 4.79 Å². The molecule has 0 radical (unpaired) electrons. The first kappa shape index (κ1) is 23.4. The van der Waals surface area contributed by atoms with Crippen LogP contribution in [0.4, 0.5) is 5.69 Å². The van der Waals surface area contributed by atoms with Crippen molar-refractivity contribution >= 4 is 52.8 Å². The molecule has 2 aromatic rings. The first-order valence-corrected chi connectivity index (χ1v) is 12.7. The zero-order chi connectivity index (χ0) is 21.9. The molecule has 9 heteroatoms. The Morgan fingerprint density at radius 3 is 2.58 bits per heavy atom. The van der Waals surface area contributed by atoms with Crippen molar-refractivity contribution in [1.29, 1.82) is 5.26 Å². The molecule has 3 rings (SSSR count). The smallest absolute Gasteiger partial charge is 0.344 e. The number of nitrogens with zero attached hydrogens (tertiary/aromatic N) is 1. The van der Waals surface area contributed by atoms with Gasteiger partial charge in [0.1, 0.15) is 5.75 Å². The van der Waals surface area contributed by atoms with Gasteiger partial charge in [-0.15, -0.1) is 35.3 Å². The Bertz CT molecular complexity index is 925. The van der Waals surface area contributed by atoms with Crippen LogP contribution in [0.5, 0.6) is 5.75 Å². The summed E-state index contributed by atoms with van der Waals surface area (Å²) in [6.45, 7) is -0.678. The summed E-state index contributed by atoms with van der Waals surface area (Å²) < 4.78 is 10.9. The highest BCUT2D eigenvalue weighted by Crippen LogP contribution is 2.43. The highest BCUT2D eigenvalue weighted by atomic mass is 32.2. The highest BCUT2D eigenvalue weighted by molar-refractivity contribution is 8.16. The average Bonchev–Trinajstić information content (AvgIpc) is 2.82. The van der Waals surface area contributed by atoms with E-state index in [9.17, 15) is 9.59 Å². The van der Waals surface area contributed by atoms with Crippen LogP contribution < -0.4 is 10.1 Å². The summed E-state index contributed by atoms with van der Waals surface area (Å²) in [5.74, 6) is 2.15. The summed E-state index contributed by atoms with van der Waals surface area (Å²) in [5, 5.41) is 11.4. The molecule has 1 heterocycles. The van der Waals surface area contributed by atoms with E-state index in [4.69, 9.17) is 14.7 Å². The van der Waals surface area contributed by atoms with Crippen LogP contribution >= 0.6 is 35.3 Å². The van der Waals surface area contributed by atoms with E-state index in [2.05, 4.69) is 5.32 Å². The molecule has 162 valence electrons. The number of esters is 1. The van der Waals surface area contributed by atoms with Crippen molar-refractivity contribution in [2.45, 2.75) is 15.9 Å². The van der Waals surface area contributed by atoms with Gasteiger partial charge in [0.25, 0.3) is 5.91 Å². The molecule has 0 saturated carbocycles. The minimum absolute atomic E-state index is 0.270. The maximum atomic E-state index is 12.1. The van der Waals surface area contributed by atoms with Gasteiger partial charge in [-0.3, -0.25) is 4.79 Å². The second-order valence-electron chi connectivity index (χ2n) is 6.44. The fourth-order valence-corrected chi connectivity index (χ4v) is 6.29. The predicted molar refractivity (Wildman–Crippen MR) is 127 cm³/mol. The van der Waals surface area contributed by atoms with E-state index < -0.39 is 18.5 Å². The number of para-hydroxylation sites is 1. The molecule has 6 nitrogen and oxygen atoms in total. The monoisotopic (exact) mass is 474 g/mol. The number of carbonyl (C=O) groups is 2. The van der Waals surface area contributed by atoms with Crippen molar-refractivity contribution in [3.05, 3.63) is 54.1 Å². The average molecular weight is 475 g/mol. The molecule has 1 fully saturated rings. The first-order chi connectivity index (χ1) is 15.2. The quantitative estimate of drug-likeness (QED) is 0.412. The lowest BCUT2D eigenvalue weighted by Crippen LogP contribution is -2.23. The van der Waals surface area contributed by atoms with E-state index in [0.717, 1.165) is 4.90 Å². The fraction of sp³-hybridized carbons (Fsp3) is 0.318. The molecule has 0 aliphatic carbocycles. The van der Waals surface area contributed by atoms with E-state index in [1.54, 1.807) is 12.1 Å². The SMILES string of the molecule is N#CCSc1ccccc1NC(=O)COC(=O)COc1ccc(C2SCCCS2)cc1. The third-order valence-electron chi connectivity index (χ3n) is 4.15. The number of rotatable bonds is 9. The second-order valence-corrected chi connectivity index (χ2v) is 10.2. The van der Waals surface area contributed by atoms with Crippen molar-refractivity contribution in [2.24, 2.45) is 0 Å². The summed E-state index contributed by atoms with van der Waals surface area (Å²) in [4.78, 5) is 24.8. The molecule has 31 heavy (non-hydrogen) atoms. The maximum Gasteiger partial charge on any atom is 0.344 e. The number of thioether (sulfide) groups is 3. The number of anilines is 1. The molecule has 1 aliphatic heterocycles. The van der Waals surface area contributed by atoms with Gasteiger partial charge in [-0.2, -0.15) is 5.26 Å².